The number of hydrogen-bond donors (Lipinski definition) is 0. The van der Waals surface area contributed by atoms with Gasteiger partial charge in [-0.25, -0.2) is 4.98 Å². The van der Waals surface area contributed by atoms with Crippen LogP contribution in [0.25, 0.3) is 0 Å². The van der Waals surface area contributed by atoms with E-state index in [1.807, 2.05) is 0 Å². The topological polar surface area (TPSA) is 33.2 Å². The number of nitrogens with zero attached hydrogens (tertiary/aromatic N) is 2. The number of amides is 1. The van der Waals surface area contributed by atoms with Crippen molar-refractivity contribution in [1.82, 2.24) is 4.98 Å². The average molecular weight is 279 g/mol. The second-order valence-corrected chi connectivity index (χ2v) is 4.44. The molecule has 1 unspecified atom stereocenters. The molecule has 1 amide bonds. The Labute approximate surface area is 107 Å². The number of carbonyl (C=O) groups excluding carboxylic acids is 1. The second kappa shape index (κ2) is 4.76. The fraction of sp³-hybridized carbons (Fsp3) is 0.455. The van der Waals surface area contributed by atoms with Crippen molar-refractivity contribution in [3.8, 4) is 0 Å². The molecule has 7 heteroatoms. The SMILES string of the molecule is O=C1CC(CCl)CN1c1ccc(C(F)(F)F)nc1. The molecular weight excluding hydrogens is 269 g/mol. The van der Waals surface area contributed by atoms with Crippen LogP contribution >= 0.6 is 11.6 Å². The van der Waals surface area contributed by atoms with Crippen molar-refractivity contribution in [2.45, 2.75) is 12.6 Å². The van der Waals surface area contributed by atoms with Gasteiger partial charge in [0, 0.05) is 18.8 Å². The van der Waals surface area contributed by atoms with E-state index in [4.69, 9.17) is 11.6 Å². The molecule has 1 saturated heterocycles. The third-order valence-electron chi connectivity index (χ3n) is 2.77. The Hall–Kier alpha value is -1.30. The number of aromatic nitrogens is 1. The number of hydrogen-bond acceptors (Lipinski definition) is 2. The summed E-state index contributed by atoms with van der Waals surface area (Å²) in [7, 11) is 0. The summed E-state index contributed by atoms with van der Waals surface area (Å²) in [5.74, 6) is 0.264. The fourth-order valence-electron chi connectivity index (χ4n) is 1.85. The number of anilines is 1. The van der Waals surface area contributed by atoms with Crippen LogP contribution in [0.5, 0.6) is 0 Å². The maximum absolute atomic E-state index is 12.3. The van der Waals surface area contributed by atoms with Crippen LogP contribution in [0.3, 0.4) is 0 Å². The summed E-state index contributed by atoms with van der Waals surface area (Å²) in [5, 5.41) is 0. The Morgan fingerprint density at radius 3 is 2.61 bits per heavy atom. The lowest BCUT2D eigenvalue weighted by atomic mass is 10.1. The number of halogens is 4. The number of carbonyl (C=O) groups is 1. The predicted molar refractivity (Wildman–Crippen MR) is 60.4 cm³/mol. The zero-order chi connectivity index (χ0) is 13.3. The average Bonchev–Trinajstić information content (AvgIpc) is 2.70. The van der Waals surface area contributed by atoms with Crippen LogP contribution in [0.2, 0.25) is 0 Å². The van der Waals surface area contributed by atoms with Gasteiger partial charge in [-0.15, -0.1) is 11.6 Å². The van der Waals surface area contributed by atoms with Gasteiger partial charge >= 0.3 is 6.18 Å². The molecule has 1 aliphatic rings. The Balaban J connectivity index is 2.18. The number of alkyl halides is 4. The van der Waals surface area contributed by atoms with Gasteiger partial charge in [0.25, 0.3) is 0 Å². The smallest absolute Gasteiger partial charge is 0.311 e. The first-order chi connectivity index (χ1) is 8.41. The zero-order valence-corrected chi connectivity index (χ0v) is 10.0. The van der Waals surface area contributed by atoms with Crippen molar-refractivity contribution >= 4 is 23.2 Å². The zero-order valence-electron chi connectivity index (χ0n) is 9.25. The van der Waals surface area contributed by atoms with E-state index in [1.54, 1.807) is 0 Å². The highest BCUT2D eigenvalue weighted by atomic mass is 35.5. The van der Waals surface area contributed by atoms with E-state index in [0.29, 0.717) is 24.5 Å². The highest BCUT2D eigenvalue weighted by molar-refractivity contribution is 6.18. The van der Waals surface area contributed by atoms with Gasteiger partial charge in [0.05, 0.1) is 11.9 Å². The molecule has 0 aliphatic carbocycles. The molecule has 1 aliphatic heterocycles. The van der Waals surface area contributed by atoms with E-state index in [0.717, 1.165) is 12.3 Å². The standard InChI is InChI=1S/C11H10ClF3N2O/c12-4-7-3-10(18)17(6-7)8-1-2-9(16-5-8)11(13,14)15/h1-2,5,7H,3-4,6H2. The molecule has 2 heterocycles. The van der Waals surface area contributed by atoms with Gasteiger partial charge in [-0.1, -0.05) is 0 Å². The Bertz CT molecular complexity index is 447. The van der Waals surface area contributed by atoms with Crippen LogP contribution in [-0.2, 0) is 11.0 Å². The van der Waals surface area contributed by atoms with Gasteiger partial charge in [0.1, 0.15) is 5.69 Å². The molecule has 1 aromatic heterocycles. The summed E-state index contributed by atoms with van der Waals surface area (Å²) in [5.41, 5.74) is -0.590. The van der Waals surface area contributed by atoms with Gasteiger partial charge < -0.3 is 4.90 Å². The molecular formula is C11H10ClF3N2O. The molecule has 2 rings (SSSR count). The minimum Gasteiger partial charge on any atom is -0.311 e. The molecule has 0 saturated carbocycles. The number of pyridine rings is 1. The Kier molecular flexibility index (Phi) is 3.47. The summed E-state index contributed by atoms with van der Waals surface area (Å²) < 4.78 is 37.0. The van der Waals surface area contributed by atoms with E-state index >= 15 is 0 Å². The molecule has 0 spiro atoms. The van der Waals surface area contributed by atoms with Gasteiger partial charge in [0.15, 0.2) is 0 Å². The normalized spacial score (nSPS) is 20.6. The molecule has 0 radical (unpaired) electrons. The van der Waals surface area contributed by atoms with Crippen LogP contribution in [0.15, 0.2) is 18.3 Å². The van der Waals surface area contributed by atoms with Gasteiger partial charge in [-0.2, -0.15) is 13.2 Å². The maximum atomic E-state index is 12.3. The first-order valence-corrected chi connectivity index (χ1v) is 5.85. The Morgan fingerprint density at radius 2 is 2.17 bits per heavy atom. The monoisotopic (exact) mass is 278 g/mol. The quantitative estimate of drug-likeness (QED) is 0.779. The summed E-state index contributed by atoms with van der Waals surface area (Å²) in [6, 6.07) is 2.13. The van der Waals surface area contributed by atoms with Gasteiger partial charge in [-0.3, -0.25) is 4.79 Å². The van der Waals surface area contributed by atoms with Crippen molar-refractivity contribution in [2.75, 3.05) is 17.3 Å². The van der Waals surface area contributed by atoms with E-state index in [9.17, 15) is 18.0 Å². The molecule has 1 atom stereocenters. The molecule has 1 fully saturated rings. The van der Waals surface area contributed by atoms with Crippen molar-refractivity contribution in [2.24, 2.45) is 5.92 Å². The molecule has 3 nitrogen and oxygen atoms in total. The van der Waals surface area contributed by atoms with E-state index < -0.39 is 11.9 Å². The van der Waals surface area contributed by atoms with Gasteiger partial charge in [-0.05, 0) is 18.1 Å². The lowest BCUT2D eigenvalue weighted by molar-refractivity contribution is -0.141. The van der Waals surface area contributed by atoms with Crippen LogP contribution < -0.4 is 4.90 Å². The summed E-state index contributed by atoms with van der Waals surface area (Å²) in [4.78, 5) is 16.4. The lowest BCUT2D eigenvalue weighted by Crippen LogP contribution is -2.25. The van der Waals surface area contributed by atoms with E-state index in [1.165, 1.54) is 11.0 Å². The maximum Gasteiger partial charge on any atom is 0.433 e. The van der Waals surface area contributed by atoms with Crippen molar-refractivity contribution in [3.05, 3.63) is 24.0 Å². The largest absolute Gasteiger partial charge is 0.433 e. The summed E-state index contributed by atoms with van der Waals surface area (Å²) >= 11 is 5.67. The van der Waals surface area contributed by atoms with Crippen LogP contribution in [0.1, 0.15) is 12.1 Å². The summed E-state index contributed by atoms with van der Waals surface area (Å²) in [6.45, 7) is 0.426. The lowest BCUT2D eigenvalue weighted by Gasteiger charge is -2.16. The second-order valence-electron chi connectivity index (χ2n) is 4.13. The Morgan fingerprint density at radius 1 is 1.44 bits per heavy atom. The molecule has 18 heavy (non-hydrogen) atoms. The molecule has 0 aromatic carbocycles. The fourth-order valence-corrected chi connectivity index (χ4v) is 2.05. The van der Waals surface area contributed by atoms with E-state index in [2.05, 4.69) is 4.98 Å². The minimum absolute atomic E-state index is 0.0430. The molecule has 98 valence electrons. The molecule has 0 N–H and O–H groups in total. The highest BCUT2D eigenvalue weighted by Crippen LogP contribution is 2.30. The summed E-state index contributed by atoms with van der Waals surface area (Å²) in [6.07, 6.45) is -3.08. The first kappa shape index (κ1) is 13.1. The minimum atomic E-state index is -4.47. The van der Waals surface area contributed by atoms with Crippen LogP contribution in [0, 0.1) is 5.92 Å². The van der Waals surface area contributed by atoms with Crippen molar-refractivity contribution < 1.29 is 18.0 Å². The third kappa shape index (κ3) is 2.58. The van der Waals surface area contributed by atoms with Crippen LogP contribution in [0.4, 0.5) is 18.9 Å². The predicted octanol–water partition coefficient (Wildman–Crippen LogP) is 2.69. The van der Waals surface area contributed by atoms with Crippen molar-refractivity contribution in [3.63, 3.8) is 0 Å². The third-order valence-corrected chi connectivity index (χ3v) is 3.21. The van der Waals surface area contributed by atoms with Crippen LogP contribution in [-0.4, -0.2) is 23.3 Å². The molecule has 0 bridgehead atoms. The first-order valence-electron chi connectivity index (χ1n) is 5.31. The van der Waals surface area contributed by atoms with E-state index in [-0.39, 0.29) is 11.8 Å². The highest BCUT2D eigenvalue weighted by Gasteiger charge is 2.34. The number of rotatable bonds is 2. The van der Waals surface area contributed by atoms with Gasteiger partial charge in [0.2, 0.25) is 5.91 Å². The molecule has 1 aromatic rings. The van der Waals surface area contributed by atoms with Crippen molar-refractivity contribution in [1.29, 1.82) is 0 Å².